The molecule has 94 valence electrons. The van der Waals surface area contributed by atoms with Crippen LogP contribution in [-0.4, -0.2) is 24.8 Å². The van der Waals surface area contributed by atoms with Gasteiger partial charge in [0, 0.05) is 5.92 Å². The molecule has 2 nitrogen and oxygen atoms in total. The molecule has 0 saturated carbocycles. The minimum absolute atomic E-state index is 0.0471. The molecule has 0 aliphatic carbocycles. The maximum Gasteiger partial charge on any atom is 0.156 e. The molecule has 0 bridgehead atoms. The van der Waals surface area contributed by atoms with E-state index in [1.807, 2.05) is 32.8 Å². The first-order valence-electron chi connectivity index (χ1n) is 5.49. The van der Waals surface area contributed by atoms with Crippen LogP contribution in [0.4, 0.5) is 4.39 Å². The van der Waals surface area contributed by atoms with E-state index in [0.717, 1.165) is 5.56 Å². The van der Waals surface area contributed by atoms with Crippen LogP contribution < -0.4 is 0 Å². The van der Waals surface area contributed by atoms with Crippen LogP contribution in [-0.2, 0) is 4.79 Å². The molecular weight excluding hydrogens is 241 g/mol. The van der Waals surface area contributed by atoms with E-state index in [0.29, 0.717) is 0 Å². The van der Waals surface area contributed by atoms with Crippen LogP contribution >= 0.6 is 11.6 Å². The fourth-order valence-corrected chi connectivity index (χ4v) is 1.90. The summed E-state index contributed by atoms with van der Waals surface area (Å²) in [6.45, 7) is 3.70. The quantitative estimate of drug-likeness (QED) is 0.825. The van der Waals surface area contributed by atoms with Crippen LogP contribution in [0.1, 0.15) is 25.5 Å². The summed E-state index contributed by atoms with van der Waals surface area (Å²) in [5, 5.41) is 0.0471. The molecule has 0 heterocycles. The van der Waals surface area contributed by atoms with Crippen molar-refractivity contribution in [2.24, 2.45) is 5.92 Å². The van der Waals surface area contributed by atoms with Gasteiger partial charge in [0.15, 0.2) is 5.78 Å². The minimum Gasteiger partial charge on any atom is -0.297 e. The first-order valence-corrected chi connectivity index (χ1v) is 5.87. The van der Waals surface area contributed by atoms with Crippen LogP contribution in [0.5, 0.6) is 0 Å². The molecule has 17 heavy (non-hydrogen) atoms. The highest BCUT2D eigenvalue weighted by atomic mass is 35.5. The Hall–Kier alpha value is -0.930. The average Bonchev–Trinajstić information content (AvgIpc) is 2.22. The number of nitrogens with zero attached hydrogens (tertiary/aromatic N) is 1. The third kappa shape index (κ3) is 3.27. The molecule has 1 rings (SSSR count). The molecule has 1 atom stereocenters. The van der Waals surface area contributed by atoms with Gasteiger partial charge in [-0.1, -0.05) is 31.5 Å². The Morgan fingerprint density at radius 2 is 1.94 bits per heavy atom. The number of carbonyl (C=O) groups is 1. The molecule has 0 spiro atoms. The van der Waals surface area contributed by atoms with E-state index < -0.39 is 5.82 Å². The van der Waals surface area contributed by atoms with Gasteiger partial charge in [0.1, 0.15) is 5.82 Å². The van der Waals surface area contributed by atoms with Crippen LogP contribution in [0.15, 0.2) is 18.2 Å². The predicted molar refractivity (Wildman–Crippen MR) is 67.7 cm³/mol. The summed E-state index contributed by atoms with van der Waals surface area (Å²) >= 11 is 5.74. The zero-order chi connectivity index (χ0) is 13.2. The summed E-state index contributed by atoms with van der Waals surface area (Å²) in [5.74, 6) is -0.450. The van der Waals surface area contributed by atoms with Gasteiger partial charge in [-0.3, -0.25) is 9.69 Å². The Labute approximate surface area is 106 Å². The van der Waals surface area contributed by atoms with E-state index in [9.17, 15) is 9.18 Å². The molecular formula is C13H17ClFNO. The van der Waals surface area contributed by atoms with E-state index in [1.54, 1.807) is 6.07 Å². The molecule has 1 unspecified atom stereocenters. The minimum atomic E-state index is -0.468. The van der Waals surface area contributed by atoms with Gasteiger partial charge in [-0.2, -0.15) is 0 Å². The second-order valence-electron chi connectivity index (χ2n) is 4.60. The Morgan fingerprint density at radius 1 is 1.35 bits per heavy atom. The molecule has 0 aromatic heterocycles. The monoisotopic (exact) mass is 257 g/mol. The average molecular weight is 258 g/mol. The first-order chi connectivity index (χ1) is 7.84. The third-order valence-corrected chi connectivity index (χ3v) is 2.90. The Bertz CT molecular complexity index is 418. The van der Waals surface area contributed by atoms with E-state index in [1.165, 1.54) is 12.1 Å². The lowest BCUT2D eigenvalue weighted by atomic mass is 9.94. The molecule has 0 amide bonds. The van der Waals surface area contributed by atoms with E-state index >= 15 is 0 Å². The molecule has 4 heteroatoms. The highest BCUT2D eigenvalue weighted by molar-refractivity contribution is 6.30. The van der Waals surface area contributed by atoms with Gasteiger partial charge in [0.25, 0.3) is 0 Å². The van der Waals surface area contributed by atoms with Crippen molar-refractivity contribution in [1.29, 1.82) is 0 Å². The van der Waals surface area contributed by atoms with Crippen molar-refractivity contribution >= 4 is 17.4 Å². The fraction of sp³-hybridized carbons (Fsp3) is 0.462. The highest BCUT2D eigenvalue weighted by Gasteiger charge is 2.25. The normalized spacial score (nSPS) is 13.2. The molecule has 0 fully saturated rings. The van der Waals surface area contributed by atoms with Gasteiger partial charge in [0.05, 0.1) is 11.1 Å². The topological polar surface area (TPSA) is 20.3 Å². The highest BCUT2D eigenvalue weighted by Crippen LogP contribution is 2.26. The number of carbonyl (C=O) groups excluding carboxylic acids is 1. The molecule has 0 aliphatic rings. The first kappa shape index (κ1) is 14.1. The lowest BCUT2D eigenvalue weighted by molar-refractivity contribution is -0.126. The van der Waals surface area contributed by atoms with Gasteiger partial charge in [-0.15, -0.1) is 0 Å². The SMILES string of the molecule is CC(C)C(=O)C(c1ccc(F)c(Cl)c1)N(C)C. The smallest absolute Gasteiger partial charge is 0.156 e. The fourth-order valence-electron chi connectivity index (χ4n) is 1.72. The number of halogens is 2. The zero-order valence-electron chi connectivity index (χ0n) is 10.5. The molecule has 1 aromatic carbocycles. The van der Waals surface area contributed by atoms with Crippen LogP contribution in [0.25, 0.3) is 0 Å². The van der Waals surface area contributed by atoms with Crippen molar-refractivity contribution in [3.8, 4) is 0 Å². The van der Waals surface area contributed by atoms with Crippen molar-refractivity contribution in [1.82, 2.24) is 4.90 Å². The Morgan fingerprint density at radius 3 is 2.35 bits per heavy atom. The lowest BCUT2D eigenvalue weighted by Crippen LogP contribution is -2.30. The van der Waals surface area contributed by atoms with E-state index in [2.05, 4.69) is 0 Å². The van der Waals surface area contributed by atoms with Gasteiger partial charge < -0.3 is 0 Å². The van der Waals surface area contributed by atoms with Crippen molar-refractivity contribution in [2.45, 2.75) is 19.9 Å². The summed E-state index contributed by atoms with van der Waals surface area (Å²) in [7, 11) is 3.64. The third-order valence-electron chi connectivity index (χ3n) is 2.61. The van der Waals surface area contributed by atoms with Gasteiger partial charge >= 0.3 is 0 Å². The number of rotatable bonds is 4. The standard InChI is InChI=1S/C13H17ClFNO/c1-8(2)13(17)12(16(3)4)9-5-6-11(15)10(14)7-9/h5-8,12H,1-4H3. The van der Waals surface area contributed by atoms with E-state index in [-0.39, 0.29) is 22.8 Å². The summed E-state index contributed by atoms with van der Waals surface area (Å²) < 4.78 is 13.1. The van der Waals surface area contributed by atoms with Crippen LogP contribution in [0.3, 0.4) is 0 Å². The van der Waals surface area contributed by atoms with Gasteiger partial charge in [-0.25, -0.2) is 4.39 Å². The maximum atomic E-state index is 13.1. The largest absolute Gasteiger partial charge is 0.297 e. The van der Waals surface area contributed by atoms with Crippen molar-refractivity contribution in [2.75, 3.05) is 14.1 Å². The molecule has 0 aliphatic heterocycles. The van der Waals surface area contributed by atoms with Gasteiger partial charge in [0.2, 0.25) is 0 Å². The number of hydrogen-bond donors (Lipinski definition) is 0. The molecule has 1 aromatic rings. The summed E-state index contributed by atoms with van der Waals surface area (Å²) in [6, 6.07) is 4.03. The molecule has 0 saturated heterocycles. The molecule has 0 N–H and O–H groups in total. The van der Waals surface area contributed by atoms with Crippen LogP contribution in [0, 0.1) is 11.7 Å². The number of benzene rings is 1. The number of ketones is 1. The number of Topliss-reactive ketones (excluding diaryl/α,β-unsaturated/α-hetero) is 1. The second-order valence-corrected chi connectivity index (χ2v) is 5.00. The van der Waals surface area contributed by atoms with Crippen molar-refractivity contribution in [3.63, 3.8) is 0 Å². The second kappa shape index (κ2) is 5.61. The van der Waals surface area contributed by atoms with Crippen molar-refractivity contribution < 1.29 is 9.18 Å². The maximum absolute atomic E-state index is 13.1. The summed E-state index contributed by atoms with van der Waals surface area (Å²) in [4.78, 5) is 13.9. The Kier molecular flexibility index (Phi) is 4.66. The summed E-state index contributed by atoms with van der Waals surface area (Å²) in [6.07, 6.45) is 0. The Balaban J connectivity index is 3.14. The van der Waals surface area contributed by atoms with Crippen LogP contribution in [0.2, 0.25) is 5.02 Å². The zero-order valence-corrected chi connectivity index (χ0v) is 11.3. The predicted octanol–water partition coefficient (Wildman–Crippen LogP) is 3.31. The number of likely N-dealkylation sites (N-methyl/N-ethyl adjacent to an activating group) is 1. The van der Waals surface area contributed by atoms with Crippen molar-refractivity contribution in [3.05, 3.63) is 34.6 Å². The molecule has 0 radical (unpaired) electrons. The lowest BCUT2D eigenvalue weighted by Gasteiger charge is -2.25. The summed E-state index contributed by atoms with van der Waals surface area (Å²) in [5.41, 5.74) is 0.722. The number of hydrogen-bond acceptors (Lipinski definition) is 2. The van der Waals surface area contributed by atoms with Gasteiger partial charge in [-0.05, 0) is 31.8 Å². The van der Waals surface area contributed by atoms with E-state index in [4.69, 9.17) is 11.6 Å².